The monoisotopic (exact) mass is 492 g/mol. The van der Waals surface area contributed by atoms with Crippen molar-refractivity contribution >= 4 is 24.0 Å². The van der Waals surface area contributed by atoms with E-state index < -0.39 is 8.07 Å². The van der Waals surface area contributed by atoms with Crippen LogP contribution >= 0.6 is 0 Å². The number of benzene rings is 3. The molecule has 0 bridgehead atoms. The number of aryl methyl sites for hydroxylation is 2. The molecule has 0 N–H and O–H groups in total. The van der Waals surface area contributed by atoms with Crippen LogP contribution in [0.15, 0.2) is 72.9 Å². The third-order valence-electron chi connectivity index (χ3n) is 9.69. The molecule has 1 nitrogen and oxygen atoms in total. The zero-order chi connectivity index (χ0) is 25.7. The summed E-state index contributed by atoms with van der Waals surface area (Å²) in [6.45, 7) is 14.5. The zero-order valence-corrected chi connectivity index (χ0v) is 24.3. The van der Waals surface area contributed by atoms with E-state index in [1.807, 2.05) is 0 Å². The Hall–Kier alpha value is -2.71. The average Bonchev–Trinajstić information content (AvgIpc) is 3.41. The van der Waals surface area contributed by atoms with Gasteiger partial charge in [0, 0.05) is 6.07 Å². The van der Waals surface area contributed by atoms with Crippen LogP contribution in [0, 0.1) is 13.8 Å². The Morgan fingerprint density at radius 3 is 2.25 bits per heavy atom. The Balaban J connectivity index is 1.64. The van der Waals surface area contributed by atoms with Crippen LogP contribution in [0.25, 0.3) is 22.0 Å². The van der Waals surface area contributed by atoms with Gasteiger partial charge in [-0.3, -0.25) is 0 Å². The fourth-order valence-corrected chi connectivity index (χ4v) is 8.93. The number of aromatic nitrogens is 1. The molecule has 36 heavy (non-hydrogen) atoms. The molecule has 1 aliphatic carbocycles. The Morgan fingerprint density at radius 2 is 1.56 bits per heavy atom. The molecule has 1 fully saturated rings. The van der Waals surface area contributed by atoms with Crippen LogP contribution < -0.4 is 9.75 Å². The van der Waals surface area contributed by atoms with Crippen molar-refractivity contribution in [3.8, 4) is 11.3 Å². The van der Waals surface area contributed by atoms with Crippen molar-refractivity contribution in [2.45, 2.75) is 77.4 Å². The molecule has 4 aromatic rings. The average molecular weight is 493 g/mol. The second-order valence-corrected chi connectivity index (χ2v) is 17.3. The first-order valence-corrected chi connectivity index (χ1v) is 16.7. The maximum Gasteiger partial charge on any atom is 0.220 e. The van der Waals surface area contributed by atoms with Crippen molar-refractivity contribution in [2.75, 3.05) is 0 Å². The highest BCUT2D eigenvalue weighted by atomic mass is 28.3. The first kappa shape index (κ1) is 25.0. The SMILES string of the molecule is Cc1cc(C2CCCC2)cc(-c2c3ccc([Si](C)(C)C(C)(C)c4ccccc4)cc3cc[n+]2C)c1C. The van der Waals surface area contributed by atoms with Gasteiger partial charge in [-0.1, -0.05) is 93.5 Å². The lowest BCUT2D eigenvalue weighted by Gasteiger charge is -2.41. The Bertz CT molecular complexity index is 1410. The minimum atomic E-state index is -1.83. The van der Waals surface area contributed by atoms with Gasteiger partial charge in [-0.15, -0.1) is 0 Å². The second-order valence-electron chi connectivity index (χ2n) is 12.2. The Kier molecular flexibility index (Phi) is 6.45. The van der Waals surface area contributed by atoms with Crippen molar-refractivity contribution in [1.29, 1.82) is 0 Å². The summed E-state index contributed by atoms with van der Waals surface area (Å²) in [4.78, 5) is 0. The van der Waals surface area contributed by atoms with E-state index in [1.54, 1.807) is 0 Å². The van der Waals surface area contributed by atoms with E-state index in [0.717, 1.165) is 5.92 Å². The summed E-state index contributed by atoms with van der Waals surface area (Å²) in [6, 6.07) is 25.7. The first-order valence-electron chi connectivity index (χ1n) is 13.7. The third kappa shape index (κ3) is 4.14. The maximum absolute atomic E-state index is 2.53. The van der Waals surface area contributed by atoms with Gasteiger partial charge in [0.05, 0.1) is 19.0 Å². The summed E-state index contributed by atoms with van der Waals surface area (Å²) in [5.74, 6) is 0.724. The van der Waals surface area contributed by atoms with E-state index >= 15 is 0 Å². The summed E-state index contributed by atoms with van der Waals surface area (Å²) in [5.41, 5.74) is 8.55. The lowest BCUT2D eigenvalue weighted by molar-refractivity contribution is -0.659. The van der Waals surface area contributed by atoms with E-state index in [0.29, 0.717) is 0 Å². The first-order chi connectivity index (χ1) is 17.1. The maximum atomic E-state index is 2.53. The predicted molar refractivity (Wildman–Crippen MR) is 158 cm³/mol. The van der Waals surface area contributed by atoms with Gasteiger partial charge in [0.15, 0.2) is 6.20 Å². The van der Waals surface area contributed by atoms with Crippen LogP contribution in [-0.2, 0) is 12.1 Å². The molecule has 1 saturated carbocycles. The minimum Gasteiger partial charge on any atom is -0.200 e. The number of nitrogens with zero attached hydrogens (tertiary/aromatic N) is 1. The van der Waals surface area contributed by atoms with Crippen LogP contribution in [0.5, 0.6) is 0 Å². The summed E-state index contributed by atoms with van der Waals surface area (Å²) in [6.07, 6.45) is 7.68. The highest BCUT2D eigenvalue weighted by Gasteiger charge is 2.42. The van der Waals surface area contributed by atoms with Crippen LogP contribution in [-0.4, -0.2) is 8.07 Å². The molecular weight excluding hydrogens is 450 g/mol. The van der Waals surface area contributed by atoms with Gasteiger partial charge in [-0.25, -0.2) is 4.57 Å². The molecular formula is C34H42NSi+. The number of hydrogen-bond donors (Lipinski definition) is 0. The molecule has 2 heteroatoms. The van der Waals surface area contributed by atoms with E-state index in [1.165, 1.54) is 75.2 Å². The van der Waals surface area contributed by atoms with Gasteiger partial charge < -0.3 is 0 Å². The summed E-state index contributed by atoms with van der Waals surface area (Å²) < 4.78 is 2.33. The molecule has 1 heterocycles. The van der Waals surface area contributed by atoms with Gasteiger partial charge in [-0.2, -0.15) is 0 Å². The van der Waals surface area contributed by atoms with Crippen LogP contribution in [0.3, 0.4) is 0 Å². The molecule has 1 aromatic heterocycles. The van der Waals surface area contributed by atoms with Crippen LogP contribution in [0.2, 0.25) is 13.1 Å². The number of pyridine rings is 1. The molecule has 0 spiro atoms. The fraction of sp³-hybridized carbons (Fsp3) is 0.382. The number of rotatable bonds is 5. The molecule has 0 radical (unpaired) electrons. The second kappa shape index (κ2) is 9.30. The highest BCUT2D eigenvalue weighted by Crippen LogP contribution is 2.39. The number of fused-ring (bicyclic) bond motifs is 1. The van der Waals surface area contributed by atoms with Gasteiger partial charge in [0.2, 0.25) is 5.69 Å². The van der Waals surface area contributed by atoms with E-state index in [4.69, 9.17) is 0 Å². The van der Waals surface area contributed by atoms with Gasteiger partial charge >= 0.3 is 0 Å². The minimum absolute atomic E-state index is 0.132. The zero-order valence-electron chi connectivity index (χ0n) is 23.3. The van der Waals surface area contributed by atoms with E-state index in [-0.39, 0.29) is 5.04 Å². The van der Waals surface area contributed by atoms with Gasteiger partial charge in [0.1, 0.15) is 7.05 Å². The third-order valence-corrected chi connectivity index (χ3v) is 14.9. The van der Waals surface area contributed by atoms with Crippen LogP contribution in [0.1, 0.15) is 67.7 Å². The van der Waals surface area contributed by atoms with E-state index in [2.05, 4.69) is 125 Å². The quantitative estimate of drug-likeness (QED) is 0.196. The fourth-order valence-electron chi connectivity index (χ4n) is 6.30. The lowest BCUT2D eigenvalue weighted by atomic mass is 9.89. The number of hydrogen-bond acceptors (Lipinski definition) is 0. The van der Waals surface area contributed by atoms with Crippen molar-refractivity contribution in [1.82, 2.24) is 0 Å². The molecule has 1 aliphatic rings. The largest absolute Gasteiger partial charge is 0.220 e. The molecule has 0 amide bonds. The van der Waals surface area contributed by atoms with Crippen molar-refractivity contribution in [2.24, 2.45) is 7.05 Å². The van der Waals surface area contributed by atoms with Gasteiger partial charge in [0.25, 0.3) is 0 Å². The standard InChI is InChI=1S/C34H42NSi/c1-24-21-28(26-13-11-12-14-26)23-32(25(24)2)33-31-18-17-30(22-27(31)19-20-35(33)5)36(6,7)34(3,4)29-15-9-8-10-16-29/h8-10,15-23,26H,11-14H2,1-7H3/q+1. The molecule has 0 aliphatic heterocycles. The smallest absolute Gasteiger partial charge is 0.200 e. The molecule has 3 aromatic carbocycles. The predicted octanol–water partition coefficient (Wildman–Crippen LogP) is 8.04. The topological polar surface area (TPSA) is 3.88 Å². The Labute approximate surface area is 219 Å². The Morgan fingerprint density at radius 1 is 0.861 bits per heavy atom. The van der Waals surface area contributed by atoms with Gasteiger partial charge in [-0.05, 0) is 77.4 Å². The molecule has 0 saturated heterocycles. The van der Waals surface area contributed by atoms with E-state index in [9.17, 15) is 0 Å². The van der Waals surface area contributed by atoms with Crippen LogP contribution in [0.4, 0.5) is 0 Å². The molecule has 186 valence electrons. The summed E-state index contributed by atoms with van der Waals surface area (Å²) in [7, 11) is 0.376. The summed E-state index contributed by atoms with van der Waals surface area (Å²) >= 11 is 0. The lowest BCUT2D eigenvalue weighted by Crippen LogP contribution is -2.57. The van der Waals surface area contributed by atoms with Crippen molar-refractivity contribution in [3.05, 3.63) is 95.2 Å². The van der Waals surface area contributed by atoms with Crippen molar-refractivity contribution in [3.63, 3.8) is 0 Å². The highest BCUT2D eigenvalue weighted by molar-refractivity contribution is 6.92. The normalized spacial score (nSPS) is 15.1. The molecule has 0 unspecified atom stereocenters. The summed E-state index contributed by atoms with van der Waals surface area (Å²) in [5, 5.41) is 4.37. The molecule has 5 rings (SSSR count). The van der Waals surface area contributed by atoms with Crippen molar-refractivity contribution < 1.29 is 4.57 Å². The molecule has 0 atom stereocenters.